The molecule has 0 aliphatic rings. The Kier molecular flexibility index (Phi) is 3.80. The number of benzene rings is 1. The van der Waals surface area contributed by atoms with Crippen LogP contribution in [0.2, 0.25) is 0 Å². The summed E-state index contributed by atoms with van der Waals surface area (Å²) in [7, 11) is 0. The minimum Gasteiger partial charge on any atom is -0.324 e. The van der Waals surface area contributed by atoms with Gasteiger partial charge in [-0.3, -0.25) is 10.1 Å². The maximum absolute atomic E-state index is 10.8. The molecule has 0 aliphatic carbocycles. The third-order valence-electron chi connectivity index (χ3n) is 3.13. The number of nitro groups is 1. The molecule has 7 heteroatoms. The molecule has 2 aromatic rings. The van der Waals surface area contributed by atoms with Gasteiger partial charge in [-0.1, -0.05) is 0 Å². The van der Waals surface area contributed by atoms with Gasteiger partial charge in [0.05, 0.1) is 11.5 Å². The molecule has 20 heavy (non-hydrogen) atoms. The lowest BCUT2D eigenvalue weighted by Gasteiger charge is -2.14. The average Bonchev–Trinajstić information content (AvgIpc) is 2.82. The Morgan fingerprint density at radius 3 is 2.60 bits per heavy atom. The predicted octanol–water partition coefficient (Wildman–Crippen LogP) is 2.20. The maximum Gasteiger partial charge on any atom is 0.269 e. The van der Waals surface area contributed by atoms with Gasteiger partial charge < -0.3 is 10.3 Å². The molecule has 2 N–H and O–H groups in total. The van der Waals surface area contributed by atoms with Crippen LogP contribution in [0.4, 0.5) is 5.69 Å². The van der Waals surface area contributed by atoms with E-state index in [4.69, 9.17) is 5.73 Å². The number of aryl methyl sites for hydroxylation is 1. The minimum atomic E-state index is -0.407. The summed E-state index contributed by atoms with van der Waals surface area (Å²) in [5.41, 5.74) is 7.36. The highest BCUT2D eigenvalue weighted by atomic mass is 16.6. The van der Waals surface area contributed by atoms with Gasteiger partial charge in [0.25, 0.3) is 5.69 Å². The molecule has 1 heterocycles. The van der Waals surface area contributed by atoms with Gasteiger partial charge in [0.15, 0.2) is 5.82 Å². The maximum atomic E-state index is 10.8. The first-order valence-corrected chi connectivity index (χ1v) is 6.35. The fraction of sp³-hybridized carbons (Fsp3) is 0.385. The largest absolute Gasteiger partial charge is 0.324 e. The van der Waals surface area contributed by atoms with E-state index in [9.17, 15) is 10.1 Å². The molecule has 0 radical (unpaired) electrons. The lowest BCUT2D eigenvalue weighted by molar-refractivity contribution is -0.384. The van der Waals surface area contributed by atoms with E-state index >= 15 is 0 Å². The normalized spacial score (nSPS) is 11.1. The Morgan fingerprint density at radius 2 is 2.10 bits per heavy atom. The monoisotopic (exact) mass is 275 g/mol. The van der Waals surface area contributed by atoms with Crippen LogP contribution < -0.4 is 5.73 Å². The molecular formula is C13H17N5O2. The Hall–Kier alpha value is -2.28. The zero-order valence-electron chi connectivity index (χ0n) is 11.7. The number of nitro benzene ring substituents is 1. The molecule has 7 nitrogen and oxygen atoms in total. The fourth-order valence-corrected chi connectivity index (χ4v) is 2.20. The van der Waals surface area contributed by atoms with E-state index in [1.54, 1.807) is 6.07 Å². The van der Waals surface area contributed by atoms with Gasteiger partial charge in [0, 0.05) is 23.7 Å². The number of hydrogen-bond donors (Lipinski definition) is 1. The van der Waals surface area contributed by atoms with Gasteiger partial charge in [0.2, 0.25) is 0 Å². The molecule has 0 amide bonds. The Bertz CT molecular complexity index is 648. The third kappa shape index (κ3) is 2.39. The highest BCUT2D eigenvalue weighted by Gasteiger charge is 2.18. The highest BCUT2D eigenvalue weighted by Crippen LogP contribution is 2.28. The molecule has 0 saturated heterocycles. The van der Waals surface area contributed by atoms with Gasteiger partial charge in [0.1, 0.15) is 5.82 Å². The van der Waals surface area contributed by atoms with E-state index in [1.807, 2.05) is 25.3 Å². The first-order valence-electron chi connectivity index (χ1n) is 6.35. The van der Waals surface area contributed by atoms with Crippen molar-refractivity contribution in [2.45, 2.75) is 33.4 Å². The summed E-state index contributed by atoms with van der Waals surface area (Å²) in [5.74, 6) is 1.39. The van der Waals surface area contributed by atoms with Crippen molar-refractivity contribution in [1.29, 1.82) is 0 Å². The van der Waals surface area contributed by atoms with Crippen molar-refractivity contribution in [3.8, 4) is 11.4 Å². The van der Waals surface area contributed by atoms with Gasteiger partial charge in [-0.25, -0.2) is 0 Å². The Labute approximate surface area is 116 Å². The Balaban J connectivity index is 2.57. The summed E-state index contributed by atoms with van der Waals surface area (Å²) >= 11 is 0. The number of non-ortho nitro benzene ring substituents is 1. The number of aromatic nitrogens is 3. The summed E-state index contributed by atoms with van der Waals surface area (Å²) in [6.07, 6.45) is 0. The lowest BCUT2D eigenvalue weighted by Crippen LogP contribution is -2.11. The summed E-state index contributed by atoms with van der Waals surface area (Å²) in [4.78, 5) is 10.4. The molecule has 0 bridgehead atoms. The van der Waals surface area contributed by atoms with Crippen LogP contribution >= 0.6 is 0 Å². The van der Waals surface area contributed by atoms with Gasteiger partial charge in [-0.15, -0.1) is 10.2 Å². The molecule has 106 valence electrons. The minimum absolute atomic E-state index is 0.0703. The molecule has 1 aromatic heterocycles. The van der Waals surface area contributed by atoms with Gasteiger partial charge >= 0.3 is 0 Å². The van der Waals surface area contributed by atoms with Crippen LogP contribution in [0.5, 0.6) is 0 Å². The molecule has 0 atom stereocenters. The number of hydrogen-bond acceptors (Lipinski definition) is 5. The topological polar surface area (TPSA) is 99.9 Å². The van der Waals surface area contributed by atoms with E-state index in [0.29, 0.717) is 18.2 Å². The lowest BCUT2D eigenvalue weighted by atomic mass is 10.1. The highest BCUT2D eigenvalue weighted by molar-refractivity contribution is 5.63. The van der Waals surface area contributed by atoms with Gasteiger partial charge in [-0.05, 0) is 32.4 Å². The molecule has 0 fully saturated rings. The first kappa shape index (κ1) is 14.1. The second-order valence-electron chi connectivity index (χ2n) is 4.86. The summed E-state index contributed by atoms with van der Waals surface area (Å²) in [6, 6.07) is 4.88. The average molecular weight is 275 g/mol. The number of nitrogens with two attached hydrogens (primary N) is 1. The SMILES string of the molecule is Cc1cc([N+](=O)[O-])ccc1-c1nnc(CN)n1C(C)C. The fourth-order valence-electron chi connectivity index (χ4n) is 2.20. The number of rotatable bonds is 4. The molecule has 0 spiro atoms. The van der Waals surface area contributed by atoms with Gasteiger partial charge in [-0.2, -0.15) is 0 Å². The van der Waals surface area contributed by atoms with Crippen molar-refractivity contribution >= 4 is 5.69 Å². The van der Waals surface area contributed by atoms with Crippen LogP contribution in [0.3, 0.4) is 0 Å². The zero-order chi connectivity index (χ0) is 14.9. The van der Waals surface area contributed by atoms with Crippen LogP contribution in [-0.2, 0) is 6.54 Å². The van der Waals surface area contributed by atoms with E-state index in [0.717, 1.165) is 11.1 Å². The summed E-state index contributed by atoms with van der Waals surface area (Å²) < 4.78 is 1.95. The molecule has 0 saturated carbocycles. The van der Waals surface area contributed by atoms with Crippen LogP contribution in [0.25, 0.3) is 11.4 Å². The summed E-state index contributed by atoms with van der Waals surface area (Å²) in [5, 5.41) is 19.0. The standard InChI is InChI=1S/C13H17N5O2/c1-8(2)17-12(7-14)15-16-13(17)11-5-4-10(18(19)20)6-9(11)3/h4-6,8H,7,14H2,1-3H3. The van der Waals surface area contributed by atoms with E-state index in [1.165, 1.54) is 12.1 Å². The molecule has 2 rings (SSSR count). The van der Waals surface area contributed by atoms with Crippen LogP contribution in [0, 0.1) is 17.0 Å². The predicted molar refractivity (Wildman–Crippen MR) is 75.1 cm³/mol. The number of nitrogens with zero attached hydrogens (tertiary/aromatic N) is 4. The van der Waals surface area contributed by atoms with E-state index < -0.39 is 4.92 Å². The van der Waals surface area contributed by atoms with Crippen LogP contribution in [-0.4, -0.2) is 19.7 Å². The van der Waals surface area contributed by atoms with E-state index in [2.05, 4.69) is 10.2 Å². The van der Waals surface area contributed by atoms with Crippen molar-refractivity contribution in [2.75, 3.05) is 0 Å². The smallest absolute Gasteiger partial charge is 0.269 e. The van der Waals surface area contributed by atoms with Crippen molar-refractivity contribution in [3.63, 3.8) is 0 Å². The molecule has 0 aliphatic heterocycles. The van der Waals surface area contributed by atoms with E-state index in [-0.39, 0.29) is 11.7 Å². The molecule has 0 unspecified atom stereocenters. The second kappa shape index (κ2) is 5.38. The van der Waals surface area contributed by atoms with Crippen molar-refractivity contribution in [1.82, 2.24) is 14.8 Å². The molecule has 1 aromatic carbocycles. The quantitative estimate of drug-likeness (QED) is 0.681. The van der Waals surface area contributed by atoms with Crippen molar-refractivity contribution < 1.29 is 4.92 Å². The Morgan fingerprint density at radius 1 is 1.40 bits per heavy atom. The van der Waals surface area contributed by atoms with Crippen molar-refractivity contribution in [3.05, 3.63) is 39.7 Å². The zero-order valence-corrected chi connectivity index (χ0v) is 11.7. The van der Waals surface area contributed by atoms with Crippen LogP contribution in [0.15, 0.2) is 18.2 Å². The second-order valence-corrected chi connectivity index (χ2v) is 4.86. The summed E-state index contributed by atoms with van der Waals surface area (Å²) in [6.45, 7) is 6.17. The first-order chi connectivity index (χ1) is 9.45. The van der Waals surface area contributed by atoms with Crippen molar-refractivity contribution in [2.24, 2.45) is 5.73 Å². The molecular weight excluding hydrogens is 258 g/mol. The third-order valence-corrected chi connectivity index (χ3v) is 3.13. The van der Waals surface area contributed by atoms with Crippen LogP contribution in [0.1, 0.15) is 31.3 Å².